The van der Waals surface area contributed by atoms with Gasteiger partial charge in [0, 0.05) is 22.4 Å². The van der Waals surface area contributed by atoms with Crippen LogP contribution in [0.3, 0.4) is 0 Å². The van der Waals surface area contributed by atoms with Crippen molar-refractivity contribution in [2.75, 3.05) is 6.61 Å². The van der Waals surface area contributed by atoms with Gasteiger partial charge >= 0.3 is 0 Å². The van der Waals surface area contributed by atoms with Crippen LogP contribution in [0.4, 0.5) is 0 Å². The van der Waals surface area contributed by atoms with Crippen LogP contribution in [-0.2, 0) is 19.7 Å². The first-order valence-electron chi connectivity index (χ1n) is 9.02. The van der Waals surface area contributed by atoms with Gasteiger partial charge in [-0.05, 0) is 48.6 Å². The van der Waals surface area contributed by atoms with E-state index in [1.165, 1.54) is 10.4 Å². The molecule has 0 unspecified atom stereocenters. The third kappa shape index (κ3) is 5.83. The topological polar surface area (TPSA) is 30.5 Å². The molecule has 1 aromatic heterocycles. The molecule has 0 aliphatic carbocycles. The standard InChI is InChI=1S/C22H24BrNO2S/c1-3-25-21-11-18(13-24-14-19-5-4-10-27-19)20(23)12-22(21)26-15-17-8-6-16(2)7-9-17/h4-12,24H,3,13-15H2,1-2H3. The minimum absolute atomic E-state index is 0.517. The molecule has 0 saturated heterocycles. The van der Waals surface area contributed by atoms with E-state index >= 15 is 0 Å². The van der Waals surface area contributed by atoms with Gasteiger partial charge in [-0.1, -0.05) is 51.8 Å². The molecule has 3 rings (SSSR count). The number of hydrogen-bond donors (Lipinski definition) is 1. The number of rotatable bonds is 9. The van der Waals surface area contributed by atoms with Gasteiger partial charge in [0.05, 0.1) is 6.61 Å². The number of halogens is 1. The maximum absolute atomic E-state index is 6.04. The molecule has 5 heteroatoms. The van der Waals surface area contributed by atoms with Crippen LogP contribution in [0.15, 0.2) is 58.4 Å². The minimum atomic E-state index is 0.517. The minimum Gasteiger partial charge on any atom is -0.490 e. The van der Waals surface area contributed by atoms with Gasteiger partial charge in [-0.15, -0.1) is 11.3 Å². The molecule has 27 heavy (non-hydrogen) atoms. The molecule has 0 radical (unpaired) electrons. The predicted octanol–water partition coefficient (Wildman–Crippen LogP) is 6.09. The van der Waals surface area contributed by atoms with Crippen molar-refractivity contribution in [3.8, 4) is 11.5 Å². The van der Waals surface area contributed by atoms with Crippen molar-refractivity contribution in [2.45, 2.75) is 33.5 Å². The number of ether oxygens (including phenoxy) is 2. The first kappa shape index (κ1) is 19.9. The second-order valence-corrected chi connectivity index (χ2v) is 8.17. The Morgan fingerprint density at radius 2 is 1.78 bits per heavy atom. The Hall–Kier alpha value is -1.82. The maximum atomic E-state index is 6.04. The first-order valence-corrected chi connectivity index (χ1v) is 10.7. The van der Waals surface area contributed by atoms with Crippen LogP contribution in [0, 0.1) is 6.92 Å². The molecule has 1 N–H and O–H groups in total. The Balaban J connectivity index is 1.67. The SMILES string of the molecule is CCOc1cc(CNCc2cccs2)c(Br)cc1OCc1ccc(C)cc1. The highest BCUT2D eigenvalue weighted by Gasteiger charge is 2.11. The second kappa shape index (κ2) is 9.93. The number of hydrogen-bond acceptors (Lipinski definition) is 4. The Bertz CT molecular complexity index is 848. The largest absolute Gasteiger partial charge is 0.490 e. The first-order chi connectivity index (χ1) is 13.2. The van der Waals surface area contributed by atoms with Crippen LogP contribution in [0.1, 0.15) is 28.5 Å². The van der Waals surface area contributed by atoms with E-state index in [0.29, 0.717) is 13.2 Å². The van der Waals surface area contributed by atoms with Gasteiger partial charge < -0.3 is 14.8 Å². The van der Waals surface area contributed by atoms with Crippen LogP contribution in [0.2, 0.25) is 0 Å². The van der Waals surface area contributed by atoms with Crippen LogP contribution >= 0.6 is 27.3 Å². The number of nitrogens with one attached hydrogen (secondary N) is 1. The van der Waals surface area contributed by atoms with E-state index in [1.807, 2.05) is 13.0 Å². The summed E-state index contributed by atoms with van der Waals surface area (Å²) in [5.74, 6) is 1.53. The maximum Gasteiger partial charge on any atom is 0.162 e. The summed E-state index contributed by atoms with van der Waals surface area (Å²) < 4.78 is 12.9. The summed E-state index contributed by atoms with van der Waals surface area (Å²) in [7, 11) is 0. The van der Waals surface area contributed by atoms with Gasteiger partial charge in [-0.2, -0.15) is 0 Å². The fraction of sp³-hybridized carbons (Fsp3) is 0.273. The molecule has 3 nitrogen and oxygen atoms in total. The Labute approximate surface area is 173 Å². The van der Waals surface area contributed by atoms with E-state index in [9.17, 15) is 0 Å². The van der Waals surface area contributed by atoms with E-state index in [0.717, 1.165) is 40.2 Å². The van der Waals surface area contributed by atoms with E-state index in [2.05, 4.69) is 76.0 Å². The summed E-state index contributed by atoms with van der Waals surface area (Å²) in [5, 5.41) is 5.58. The molecular weight excluding hydrogens is 422 g/mol. The highest BCUT2D eigenvalue weighted by Crippen LogP contribution is 2.34. The van der Waals surface area contributed by atoms with Crippen LogP contribution in [0.5, 0.6) is 11.5 Å². The predicted molar refractivity (Wildman–Crippen MR) is 116 cm³/mol. The monoisotopic (exact) mass is 445 g/mol. The van der Waals surface area contributed by atoms with Crippen molar-refractivity contribution >= 4 is 27.3 Å². The molecule has 0 bridgehead atoms. The second-order valence-electron chi connectivity index (χ2n) is 6.28. The molecular formula is C22H24BrNO2S. The summed E-state index contributed by atoms with van der Waals surface area (Å²) in [6, 6.07) is 16.6. The number of thiophene rings is 1. The molecule has 2 aromatic carbocycles. The molecule has 0 atom stereocenters. The Morgan fingerprint density at radius 1 is 1.00 bits per heavy atom. The Morgan fingerprint density at radius 3 is 2.48 bits per heavy atom. The summed E-state index contributed by atoms with van der Waals surface area (Å²) in [6.45, 7) is 6.81. The lowest BCUT2D eigenvalue weighted by molar-refractivity contribution is 0.269. The molecule has 3 aromatic rings. The van der Waals surface area contributed by atoms with Gasteiger partial charge in [0.15, 0.2) is 11.5 Å². The normalized spacial score (nSPS) is 10.8. The summed E-state index contributed by atoms with van der Waals surface area (Å²) in [5.41, 5.74) is 3.54. The highest BCUT2D eigenvalue weighted by molar-refractivity contribution is 9.10. The number of benzene rings is 2. The molecule has 142 valence electrons. The van der Waals surface area contributed by atoms with Crippen LogP contribution < -0.4 is 14.8 Å². The van der Waals surface area contributed by atoms with E-state index < -0.39 is 0 Å². The third-order valence-electron chi connectivity index (χ3n) is 4.12. The van der Waals surface area contributed by atoms with Crippen molar-refractivity contribution < 1.29 is 9.47 Å². The zero-order valence-electron chi connectivity index (χ0n) is 15.6. The van der Waals surface area contributed by atoms with Crippen molar-refractivity contribution in [3.63, 3.8) is 0 Å². The quantitative estimate of drug-likeness (QED) is 0.432. The highest BCUT2D eigenvalue weighted by atomic mass is 79.9. The van der Waals surface area contributed by atoms with Gasteiger partial charge in [0.25, 0.3) is 0 Å². The van der Waals surface area contributed by atoms with Crippen molar-refractivity contribution in [3.05, 3.63) is 80.0 Å². The zero-order chi connectivity index (χ0) is 19.1. The molecule has 1 heterocycles. The van der Waals surface area contributed by atoms with Crippen molar-refractivity contribution in [2.24, 2.45) is 0 Å². The van der Waals surface area contributed by atoms with Gasteiger partial charge in [-0.25, -0.2) is 0 Å². The average molecular weight is 446 g/mol. The zero-order valence-corrected chi connectivity index (χ0v) is 18.0. The fourth-order valence-corrected chi connectivity index (χ4v) is 3.81. The molecule has 0 amide bonds. The molecule has 0 saturated carbocycles. The molecule has 0 aliphatic heterocycles. The lowest BCUT2D eigenvalue weighted by atomic mass is 10.1. The molecule has 0 fully saturated rings. The molecule has 0 spiro atoms. The third-order valence-corrected chi connectivity index (χ3v) is 5.74. The summed E-state index contributed by atoms with van der Waals surface area (Å²) in [6.07, 6.45) is 0. The van der Waals surface area contributed by atoms with E-state index in [1.54, 1.807) is 11.3 Å². The summed E-state index contributed by atoms with van der Waals surface area (Å²) >= 11 is 5.44. The van der Waals surface area contributed by atoms with Crippen LogP contribution in [-0.4, -0.2) is 6.61 Å². The van der Waals surface area contributed by atoms with Crippen molar-refractivity contribution in [1.82, 2.24) is 5.32 Å². The van der Waals surface area contributed by atoms with Gasteiger partial charge in [-0.3, -0.25) is 0 Å². The van der Waals surface area contributed by atoms with E-state index in [-0.39, 0.29) is 0 Å². The Kier molecular flexibility index (Phi) is 7.33. The van der Waals surface area contributed by atoms with Gasteiger partial charge in [0.1, 0.15) is 6.61 Å². The molecule has 0 aliphatic rings. The lowest BCUT2D eigenvalue weighted by Gasteiger charge is -2.15. The average Bonchev–Trinajstić information content (AvgIpc) is 3.18. The lowest BCUT2D eigenvalue weighted by Crippen LogP contribution is -2.12. The van der Waals surface area contributed by atoms with Crippen LogP contribution in [0.25, 0.3) is 0 Å². The fourth-order valence-electron chi connectivity index (χ4n) is 2.67. The summed E-state index contributed by atoms with van der Waals surface area (Å²) in [4.78, 5) is 1.33. The van der Waals surface area contributed by atoms with Crippen molar-refractivity contribution in [1.29, 1.82) is 0 Å². The van der Waals surface area contributed by atoms with E-state index in [4.69, 9.17) is 9.47 Å². The van der Waals surface area contributed by atoms with Gasteiger partial charge in [0.2, 0.25) is 0 Å². The number of aryl methyl sites for hydroxylation is 1. The smallest absolute Gasteiger partial charge is 0.162 e.